The fourth-order valence-corrected chi connectivity index (χ4v) is 4.31. The molecule has 0 aromatic heterocycles. The minimum atomic E-state index is -3.25. The van der Waals surface area contributed by atoms with Crippen LogP contribution in [0.3, 0.4) is 0 Å². The Morgan fingerprint density at radius 2 is 2.12 bits per heavy atom. The minimum Gasteiger partial charge on any atom is -0.457 e. The molecule has 0 fully saturated rings. The molecule has 0 aliphatic heterocycles. The molecule has 1 N–H and O–H groups in total. The number of rotatable bonds is 3. The van der Waals surface area contributed by atoms with Crippen molar-refractivity contribution in [3.8, 4) is 17.6 Å². The molecule has 2 aromatic carbocycles. The molecule has 2 aromatic rings. The molecular formula is C19H16ClF2NO2S. The highest BCUT2D eigenvalue weighted by Crippen LogP contribution is 2.51. The first-order valence-electron chi connectivity index (χ1n) is 7.81. The van der Waals surface area contributed by atoms with Gasteiger partial charge in [0.2, 0.25) is 0 Å². The zero-order valence-electron chi connectivity index (χ0n) is 14.1. The molecule has 1 unspecified atom stereocenters. The fourth-order valence-electron chi connectivity index (χ4n) is 2.97. The largest absolute Gasteiger partial charge is 0.457 e. The Hall–Kier alpha value is -1.94. The predicted octanol–water partition coefficient (Wildman–Crippen LogP) is 5.31. The van der Waals surface area contributed by atoms with Gasteiger partial charge in [-0.25, -0.2) is 8.78 Å². The summed E-state index contributed by atoms with van der Waals surface area (Å²) in [6, 6.07) is 9.79. The summed E-state index contributed by atoms with van der Waals surface area (Å²) >= 11 is 5.97. The molecule has 0 saturated carbocycles. The Morgan fingerprint density at radius 3 is 2.77 bits per heavy atom. The van der Waals surface area contributed by atoms with Gasteiger partial charge in [-0.1, -0.05) is 17.0 Å². The van der Waals surface area contributed by atoms with Crippen LogP contribution in [-0.4, -0.2) is 22.7 Å². The Kier molecular flexibility index (Phi) is 5.07. The van der Waals surface area contributed by atoms with Crippen LogP contribution in [0.25, 0.3) is 0 Å². The van der Waals surface area contributed by atoms with Crippen LogP contribution < -0.4 is 4.74 Å². The van der Waals surface area contributed by atoms with E-state index in [4.69, 9.17) is 21.6 Å². The van der Waals surface area contributed by atoms with E-state index < -0.39 is 18.4 Å². The number of fused-ring (bicyclic) bond motifs is 1. The average Bonchev–Trinajstić information content (AvgIpc) is 2.84. The van der Waals surface area contributed by atoms with Gasteiger partial charge in [0, 0.05) is 27.5 Å². The van der Waals surface area contributed by atoms with Crippen LogP contribution in [0.4, 0.5) is 8.78 Å². The highest BCUT2D eigenvalue weighted by atomic mass is 35.5. The highest BCUT2D eigenvalue weighted by Gasteiger charge is 2.49. The third-order valence-corrected chi connectivity index (χ3v) is 6.26. The summed E-state index contributed by atoms with van der Waals surface area (Å²) in [5.74, 6) is -2.73. The zero-order valence-corrected chi connectivity index (χ0v) is 15.7. The number of aliphatic hydroxyl groups excluding tert-OH is 1. The first kappa shape index (κ1) is 18.8. The lowest BCUT2D eigenvalue weighted by molar-refractivity contribution is -0.0976. The van der Waals surface area contributed by atoms with Crippen molar-refractivity contribution in [3.05, 3.63) is 52.0 Å². The lowest BCUT2D eigenvalue weighted by atomic mass is 10.1. The van der Waals surface area contributed by atoms with E-state index in [1.165, 1.54) is 18.2 Å². The number of halogens is 3. The van der Waals surface area contributed by atoms with Gasteiger partial charge in [-0.2, -0.15) is 15.7 Å². The van der Waals surface area contributed by atoms with Gasteiger partial charge >= 0.3 is 0 Å². The molecule has 0 radical (unpaired) electrons. The van der Waals surface area contributed by atoms with Crippen LogP contribution in [0, 0.1) is 11.3 Å². The average molecular weight is 396 g/mol. The molecular weight excluding hydrogens is 380 g/mol. The predicted molar refractivity (Wildman–Crippen MR) is 99.8 cm³/mol. The van der Waals surface area contributed by atoms with Gasteiger partial charge in [0.15, 0.2) is 0 Å². The molecule has 3 nitrogen and oxygen atoms in total. The summed E-state index contributed by atoms with van der Waals surface area (Å²) in [7, 11) is -0.378. The van der Waals surface area contributed by atoms with Gasteiger partial charge in [-0.05, 0) is 43.5 Å². The number of ether oxygens (including phenoxy) is 1. The summed E-state index contributed by atoms with van der Waals surface area (Å²) in [6.07, 6.45) is -0.547. The van der Waals surface area contributed by atoms with E-state index in [2.05, 4.69) is 0 Å². The maximum absolute atomic E-state index is 14.2. The first-order valence-corrected chi connectivity index (χ1v) is 9.88. The third kappa shape index (κ3) is 3.35. The van der Waals surface area contributed by atoms with E-state index in [1.54, 1.807) is 12.1 Å². The van der Waals surface area contributed by atoms with Crippen LogP contribution in [0.5, 0.6) is 11.5 Å². The second-order valence-electron chi connectivity index (χ2n) is 5.98. The van der Waals surface area contributed by atoms with Gasteiger partial charge in [0.05, 0.1) is 11.6 Å². The second-order valence-corrected chi connectivity index (χ2v) is 8.44. The van der Waals surface area contributed by atoms with Crippen molar-refractivity contribution in [2.24, 2.45) is 0 Å². The molecule has 0 heterocycles. The van der Waals surface area contributed by atoms with Crippen LogP contribution in [-0.2, 0) is 6.42 Å². The van der Waals surface area contributed by atoms with Crippen molar-refractivity contribution in [2.75, 3.05) is 6.26 Å². The van der Waals surface area contributed by atoms with Crippen molar-refractivity contribution in [2.45, 2.75) is 30.3 Å². The molecule has 0 spiro atoms. The summed E-state index contributed by atoms with van der Waals surface area (Å²) in [6.45, 7) is 1.86. The number of nitriles is 1. The van der Waals surface area contributed by atoms with Gasteiger partial charge in [-0.15, -0.1) is 0 Å². The molecule has 3 rings (SSSR count). The SMILES string of the molecule is C/C=S(\C)c1ccc(Oc2cc(Cl)cc(C#N)c2)c2c1[C@H](O)C(F)(F)C2. The van der Waals surface area contributed by atoms with Crippen LogP contribution in [0.2, 0.25) is 5.02 Å². The first-order chi connectivity index (χ1) is 12.3. The van der Waals surface area contributed by atoms with Gasteiger partial charge in [-0.3, -0.25) is 0 Å². The molecule has 1 aliphatic carbocycles. The van der Waals surface area contributed by atoms with E-state index in [9.17, 15) is 13.9 Å². The number of aliphatic hydroxyl groups is 1. The van der Waals surface area contributed by atoms with Crippen molar-refractivity contribution in [1.29, 1.82) is 5.26 Å². The van der Waals surface area contributed by atoms with E-state index >= 15 is 0 Å². The van der Waals surface area contributed by atoms with Crippen LogP contribution in [0.15, 0.2) is 35.2 Å². The maximum atomic E-state index is 14.2. The Bertz CT molecular complexity index is 953. The second kappa shape index (κ2) is 6.99. The number of hydrogen-bond donors (Lipinski definition) is 1. The lowest BCUT2D eigenvalue weighted by Crippen LogP contribution is -2.21. The molecule has 0 bridgehead atoms. The molecule has 0 amide bonds. The standard InChI is InChI=1S/C19H16ClF2NO2S/c1-3-26(2)16-5-4-15(14-9-19(21,22)18(24)17(14)16)25-13-7-11(10-23)6-12(20)8-13/h3-8,18,24H,9H2,1-2H3/t18-,26?/m0/s1. The number of alkyl halides is 2. The molecule has 136 valence electrons. The normalized spacial score (nSPS) is 19.0. The summed E-state index contributed by atoms with van der Waals surface area (Å²) in [5.41, 5.74) is 0.834. The molecule has 1 aliphatic rings. The van der Waals surface area contributed by atoms with Crippen molar-refractivity contribution in [3.63, 3.8) is 0 Å². The smallest absolute Gasteiger partial charge is 0.281 e. The topological polar surface area (TPSA) is 53.2 Å². The van der Waals surface area contributed by atoms with Gasteiger partial charge < -0.3 is 9.84 Å². The van der Waals surface area contributed by atoms with Gasteiger partial charge in [0.1, 0.15) is 17.6 Å². The molecule has 7 heteroatoms. The van der Waals surface area contributed by atoms with Gasteiger partial charge in [0.25, 0.3) is 5.92 Å². The van der Waals surface area contributed by atoms with E-state index in [0.717, 1.165) is 0 Å². The Morgan fingerprint density at radius 1 is 1.38 bits per heavy atom. The summed E-state index contributed by atoms with van der Waals surface area (Å²) in [4.78, 5) is 0.684. The quantitative estimate of drug-likeness (QED) is 0.716. The van der Waals surface area contributed by atoms with Crippen LogP contribution >= 0.6 is 22.1 Å². The van der Waals surface area contributed by atoms with E-state index in [-0.39, 0.29) is 27.5 Å². The van der Waals surface area contributed by atoms with Crippen molar-refractivity contribution in [1.82, 2.24) is 0 Å². The van der Waals surface area contributed by atoms with Crippen molar-refractivity contribution < 1.29 is 18.6 Å². The Balaban J connectivity index is 2.11. The summed E-state index contributed by atoms with van der Waals surface area (Å²) in [5, 5.41) is 21.4. The highest BCUT2D eigenvalue weighted by molar-refractivity contribution is 8.14. The Labute approximate surface area is 157 Å². The van der Waals surface area contributed by atoms with Crippen LogP contribution in [0.1, 0.15) is 29.7 Å². The third-order valence-electron chi connectivity index (χ3n) is 4.29. The summed E-state index contributed by atoms with van der Waals surface area (Å²) < 4.78 is 34.2. The monoisotopic (exact) mass is 395 g/mol. The molecule has 26 heavy (non-hydrogen) atoms. The maximum Gasteiger partial charge on any atom is 0.281 e. The number of hydrogen-bond acceptors (Lipinski definition) is 3. The van der Waals surface area contributed by atoms with E-state index in [0.29, 0.717) is 21.0 Å². The van der Waals surface area contributed by atoms with E-state index in [1.807, 2.05) is 24.6 Å². The minimum absolute atomic E-state index is 0.235. The molecule has 0 saturated heterocycles. The number of nitrogens with zero attached hydrogens (tertiary/aromatic N) is 1. The lowest BCUT2D eigenvalue weighted by Gasteiger charge is -2.17. The zero-order chi connectivity index (χ0) is 19.1. The number of benzene rings is 2. The fraction of sp³-hybridized carbons (Fsp3) is 0.263. The molecule has 2 atom stereocenters. The van der Waals surface area contributed by atoms with Crippen molar-refractivity contribution >= 4 is 27.5 Å².